The van der Waals surface area contributed by atoms with Gasteiger partial charge in [0.15, 0.2) is 0 Å². The molecule has 0 spiro atoms. The molecule has 3 unspecified atom stereocenters. The van der Waals surface area contributed by atoms with Crippen molar-refractivity contribution < 1.29 is 24.5 Å². The van der Waals surface area contributed by atoms with Crippen LogP contribution in [-0.4, -0.2) is 46.9 Å². The SMILES string of the molecule is CCC/C=C/C=C/C=C/C=C/C=C/CCCCCC(CC(=O)NC(CO)C(O)CCCCCCCCCCCCCCCCCCC)OC(=O)CCCCCCCCC/C=C\C/C=C\CCCCC. The summed E-state index contributed by atoms with van der Waals surface area (Å²) in [4.78, 5) is 26.3. The van der Waals surface area contributed by atoms with Gasteiger partial charge in [0.1, 0.15) is 6.10 Å². The Kier molecular flexibility index (Phi) is 53.6. The number of aliphatic hydroxyl groups is 2. The van der Waals surface area contributed by atoms with E-state index in [2.05, 4.69) is 74.7 Å². The summed E-state index contributed by atoms with van der Waals surface area (Å²) in [7, 11) is 0. The predicted octanol–water partition coefficient (Wildman–Crippen LogP) is 18.3. The molecule has 0 saturated carbocycles. The molecule has 0 heterocycles. The normalized spacial score (nSPS) is 13.8. The van der Waals surface area contributed by atoms with Crippen LogP contribution in [0.4, 0.5) is 0 Å². The maximum absolute atomic E-state index is 13.3. The number of unbranched alkanes of at least 4 members (excludes halogenated alkanes) is 30. The first-order chi connectivity index (χ1) is 34.0. The number of hydrogen-bond acceptors (Lipinski definition) is 5. The van der Waals surface area contributed by atoms with Crippen molar-refractivity contribution in [3.63, 3.8) is 0 Å². The van der Waals surface area contributed by atoms with Crippen LogP contribution in [0.1, 0.15) is 278 Å². The van der Waals surface area contributed by atoms with Crippen molar-refractivity contribution in [1.82, 2.24) is 5.32 Å². The van der Waals surface area contributed by atoms with E-state index in [0.717, 1.165) is 83.5 Å². The van der Waals surface area contributed by atoms with Crippen molar-refractivity contribution in [3.8, 4) is 0 Å². The Bertz CT molecular complexity index is 1310. The Balaban J connectivity index is 4.64. The fourth-order valence-electron chi connectivity index (χ4n) is 8.61. The minimum absolute atomic E-state index is 0.0431. The summed E-state index contributed by atoms with van der Waals surface area (Å²) >= 11 is 0. The largest absolute Gasteiger partial charge is 0.462 e. The second-order valence-corrected chi connectivity index (χ2v) is 19.8. The molecule has 0 rings (SSSR count). The van der Waals surface area contributed by atoms with Crippen LogP contribution in [0.25, 0.3) is 0 Å². The molecule has 6 nitrogen and oxygen atoms in total. The number of nitrogens with one attached hydrogen (secondary N) is 1. The van der Waals surface area contributed by atoms with Crippen molar-refractivity contribution in [3.05, 3.63) is 85.1 Å². The van der Waals surface area contributed by atoms with Gasteiger partial charge in [-0.25, -0.2) is 0 Å². The number of carbonyl (C=O) groups is 2. The molecule has 0 saturated heterocycles. The lowest BCUT2D eigenvalue weighted by Crippen LogP contribution is -2.46. The van der Waals surface area contributed by atoms with Crippen LogP contribution in [-0.2, 0) is 14.3 Å². The van der Waals surface area contributed by atoms with E-state index in [0.29, 0.717) is 19.3 Å². The lowest BCUT2D eigenvalue weighted by Gasteiger charge is -2.24. The van der Waals surface area contributed by atoms with E-state index in [1.165, 1.54) is 148 Å². The van der Waals surface area contributed by atoms with Crippen LogP contribution in [0.2, 0.25) is 0 Å². The predicted molar refractivity (Wildman–Crippen MR) is 301 cm³/mol. The third-order valence-corrected chi connectivity index (χ3v) is 13.1. The van der Waals surface area contributed by atoms with Gasteiger partial charge in [-0.1, -0.05) is 273 Å². The molecule has 0 aromatic heterocycles. The quantitative estimate of drug-likeness (QED) is 0.0244. The maximum Gasteiger partial charge on any atom is 0.306 e. The van der Waals surface area contributed by atoms with Crippen molar-refractivity contribution in [2.45, 2.75) is 296 Å². The Labute approximate surface area is 427 Å². The molecule has 1 amide bonds. The summed E-state index contributed by atoms with van der Waals surface area (Å²) in [6.07, 6.45) is 73.5. The van der Waals surface area contributed by atoms with Crippen LogP contribution in [0.5, 0.6) is 0 Å². The molecule has 6 heteroatoms. The first kappa shape index (κ1) is 66.0. The fourth-order valence-corrected chi connectivity index (χ4v) is 8.61. The molecule has 398 valence electrons. The number of ether oxygens (including phenoxy) is 1. The number of rotatable bonds is 52. The topological polar surface area (TPSA) is 95.9 Å². The van der Waals surface area contributed by atoms with Crippen molar-refractivity contribution in [2.24, 2.45) is 0 Å². The van der Waals surface area contributed by atoms with Gasteiger partial charge in [0.05, 0.1) is 25.2 Å². The highest BCUT2D eigenvalue weighted by Crippen LogP contribution is 2.18. The third-order valence-electron chi connectivity index (χ3n) is 13.1. The van der Waals surface area contributed by atoms with E-state index >= 15 is 0 Å². The van der Waals surface area contributed by atoms with E-state index in [4.69, 9.17) is 4.74 Å². The molecule has 3 atom stereocenters. The summed E-state index contributed by atoms with van der Waals surface area (Å²) in [6, 6.07) is -0.723. The minimum atomic E-state index is -0.806. The summed E-state index contributed by atoms with van der Waals surface area (Å²) in [5.74, 6) is -0.522. The van der Waals surface area contributed by atoms with E-state index in [-0.39, 0.29) is 24.9 Å². The summed E-state index contributed by atoms with van der Waals surface area (Å²) in [6.45, 7) is 6.38. The van der Waals surface area contributed by atoms with Crippen LogP contribution >= 0.6 is 0 Å². The minimum Gasteiger partial charge on any atom is -0.462 e. The number of hydrogen-bond donors (Lipinski definition) is 3. The van der Waals surface area contributed by atoms with Gasteiger partial charge in [-0.05, 0) is 77.0 Å². The first-order valence-corrected chi connectivity index (χ1v) is 29.4. The number of amides is 1. The van der Waals surface area contributed by atoms with Gasteiger partial charge in [0.2, 0.25) is 5.91 Å². The summed E-state index contributed by atoms with van der Waals surface area (Å²) in [5, 5.41) is 23.9. The molecule has 3 N–H and O–H groups in total. The number of allylic oxidation sites excluding steroid dienone is 14. The molecule has 0 fully saturated rings. The van der Waals surface area contributed by atoms with Gasteiger partial charge in [0.25, 0.3) is 0 Å². The molecule has 0 aliphatic heterocycles. The van der Waals surface area contributed by atoms with E-state index < -0.39 is 18.2 Å². The van der Waals surface area contributed by atoms with Gasteiger partial charge >= 0.3 is 5.97 Å². The lowest BCUT2D eigenvalue weighted by molar-refractivity contribution is -0.151. The molecule has 0 radical (unpaired) electrons. The van der Waals surface area contributed by atoms with Crippen LogP contribution in [0.15, 0.2) is 85.1 Å². The standard InChI is InChI=1S/C63H111NO5/c1-4-7-10-13-16-19-22-25-28-31-34-37-40-43-46-49-52-55-61(66)60(58-65)64-62(67)57-59(54-51-48-45-42-39-36-33-30-27-24-21-18-15-12-9-6-3)69-63(68)56-53-50-47-44-41-38-35-32-29-26-23-20-17-14-11-8-5-2/h12,15,17-18,20-21,24,26-27,29-30,33,36,39,59-61,65-66H,4-11,13-14,16,19,22-23,25,28,31-32,34-35,37-38,40-58H2,1-3H3,(H,64,67)/b15-12+,20-17-,21-18+,27-24+,29-26-,33-30+,39-36+. The van der Waals surface area contributed by atoms with Crippen LogP contribution in [0, 0.1) is 0 Å². The molecule has 0 aliphatic carbocycles. The number of esters is 1. The third kappa shape index (κ3) is 51.2. The fraction of sp³-hybridized carbons (Fsp3) is 0.746. The highest BCUT2D eigenvalue weighted by atomic mass is 16.5. The zero-order chi connectivity index (χ0) is 50.2. The zero-order valence-corrected chi connectivity index (χ0v) is 45.4. The smallest absolute Gasteiger partial charge is 0.306 e. The zero-order valence-electron chi connectivity index (χ0n) is 45.4. The molecular formula is C63H111NO5. The van der Waals surface area contributed by atoms with E-state index in [1.807, 2.05) is 36.5 Å². The molecule has 0 bridgehead atoms. The first-order valence-electron chi connectivity index (χ1n) is 29.4. The highest BCUT2D eigenvalue weighted by Gasteiger charge is 2.24. The Morgan fingerprint density at radius 2 is 0.826 bits per heavy atom. The summed E-state index contributed by atoms with van der Waals surface area (Å²) in [5.41, 5.74) is 0. The molecule has 69 heavy (non-hydrogen) atoms. The van der Waals surface area contributed by atoms with Crippen molar-refractivity contribution in [1.29, 1.82) is 0 Å². The second-order valence-electron chi connectivity index (χ2n) is 19.8. The maximum atomic E-state index is 13.3. The highest BCUT2D eigenvalue weighted by molar-refractivity contribution is 5.77. The molecule has 0 aliphatic rings. The Morgan fingerprint density at radius 3 is 1.33 bits per heavy atom. The Morgan fingerprint density at radius 1 is 0.435 bits per heavy atom. The van der Waals surface area contributed by atoms with Gasteiger partial charge < -0.3 is 20.3 Å². The average Bonchev–Trinajstić information content (AvgIpc) is 3.34. The number of carbonyl (C=O) groups excluding carboxylic acids is 2. The van der Waals surface area contributed by atoms with Crippen LogP contribution in [0.3, 0.4) is 0 Å². The monoisotopic (exact) mass is 962 g/mol. The molecule has 0 aromatic rings. The van der Waals surface area contributed by atoms with Gasteiger partial charge in [-0.2, -0.15) is 0 Å². The number of aliphatic hydroxyl groups excluding tert-OH is 2. The Hall–Kier alpha value is -2.96. The average molecular weight is 963 g/mol. The van der Waals surface area contributed by atoms with Crippen LogP contribution < -0.4 is 5.32 Å². The van der Waals surface area contributed by atoms with Gasteiger partial charge in [0, 0.05) is 6.42 Å². The molecular weight excluding hydrogens is 851 g/mol. The summed E-state index contributed by atoms with van der Waals surface area (Å²) < 4.78 is 5.94. The van der Waals surface area contributed by atoms with Crippen molar-refractivity contribution >= 4 is 11.9 Å². The lowest BCUT2D eigenvalue weighted by atomic mass is 10.0. The van der Waals surface area contributed by atoms with E-state index in [1.54, 1.807) is 0 Å². The second kappa shape index (κ2) is 56.0. The van der Waals surface area contributed by atoms with Gasteiger partial charge in [-0.15, -0.1) is 0 Å². The van der Waals surface area contributed by atoms with E-state index in [9.17, 15) is 19.8 Å². The van der Waals surface area contributed by atoms with Gasteiger partial charge in [-0.3, -0.25) is 9.59 Å². The van der Waals surface area contributed by atoms with Crippen molar-refractivity contribution in [2.75, 3.05) is 6.61 Å². The molecule has 0 aromatic carbocycles.